The van der Waals surface area contributed by atoms with E-state index < -0.39 is 0 Å². The minimum atomic E-state index is -0.0748. The summed E-state index contributed by atoms with van der Waals surface area (Å²) in [6, 6.07) is 13.1. The van der Waals surface area contributed by atoms with Crippen LogP contribution in [0.1, 0.15) is 33.9 Å². The number of benzene rings is 2. The number of amides is 1. The summed E-state index contributed by atoms with van der Waals surface area (Å²) in [6.07, 6.45) is 0.775. The van der Waals surface area contributed by atoms with E-state index in [0.717, 1.165) is 23.3 Å². The maximum Gasteiger partial charge on any atom is 0.252 e. The molecule has 1 aliphatic rings. The van der Waals surface area contributed by atoms with Crippen LogP contribution in [0, 0.1) is 6.92 Å². The first-order valence-electron chi connectivity index (χ1n) is 7.04. The minimum absolute atomic E-state index is 0.0144. The lowest BCUT2D eigenvalue weighted by atomic mass is 9.99. The summed E-state index contributed by atoms with van der Waals surface area (Å²) < 4.78 is 5.61. The molecular weight excluding hydrogens is 264 g/mol. The van der Waals surface area contributed by atoms with E-state index in [9.17, 15) is 4.79 Å². The second kappa shape index (κ2) is 5.48. The number of nitrogen functional groups attached to an aromatic ring is 1. The van der Waals surface area contributed by atoms with Gasteiger partial charge in [0.05, 0.1) is 12.6 Å². The van der Waals surface area contributed by atoms with Gasteiger partial charge in [-0.15, -0.1) is 0 Å². The van der Waals surface area contributed by atoms with Gasteiger partial charge in [0.15, 0.2) is 0 Å². The number of hydrogen-bond acceptors (Lipinski definition) is 3. The molecule has 1 amide bonds. The van der Waals surface area contributed by atoms with Gasteiger partial charge in [0.2, 0.25) is 0 Å². The highest BCUT2D eigenvalue weighted by molar-refractivity contribution is 5.96. The first-order valence-corrected chi connectivity index (χ1v) is 7.04. The number of carbonyl (C=O) groups excluding carboxylic acids is 1. The molecule has 2 aromatic carbocycles. The Labute approximate surface area is 123 Å². The fraction of sp³-hybridized carbons (Fsp3) is 0.235. The zero-order valence-electron chi connectivity index (χ0n) is 11.9. The number of rotatable bonds is 2. The lowest BCUT2D eigenvalue weighted by Crippen LogP contribution is -2.32. The molecule has 0 saturated carbocycles. The molecular formula is C17H18N2O2. The van der Waals surface area contributed by atoms with Gasteiger partial charge in [-0.1, -0.05) is 18.2 Å². The lowest BCUT2D eigenvalue weighted by molar-refractivity contribution is 0.0924. The van der Waals surface area contributed by atoms with Gasteiger partial charge in [-0.3, -0.25) is 4.79 Å². The summed E-state index contributed by atoms with van der Waals surface area (Å²) in [5.41, 5.74) is 8.97. The van der Waals surface area contributed by atoms with E-state index in [0.29, 0.717) is 17.9 Å². The smallest absolute Gasteiger partial charge is 0.252 e. The molecule has 1 aliphatic heterocycles. The van der Waals surface area contributed by atoms with Crippen LogP contribution in [0.2, 0.25) is 0 Å². The fourth-order valence-corrected chi connectivity index (χ4v) is 2.67. The Hall–Kier alpha value is -2.49. The normalized spacial score (nSPS) is 16.7. The van der Waals surface area contributed by atoms with Crippen LogP contribution >= 0.6 is 0 Å². The molecule has 0 saturated heterocycles. The van der Waals surface area contributed by atoms with Crippen LogP contribution in [0.25, 0.3) is 0 Å². The van der Waals surface area contributed by atoms with Crippen molar-refractivity contribution in [2.24, 2.45) is 0 Å². The molecule has 4 nitrogen and oxygen atoms in total. The SMILES string of the molecule is Cc1cc(N)ccc1C(=O)NC1CCOc2ccccc21. The van der Waals surface area contributed by atoms with Gasteiger partial charge in [0.1, 0.15) is 5.75 Å². The van der Waals surface area contributed by atoms with Crippen molar-refractivity contribution in [1.82, 2.24) is 5.32 Å². The number of carbonyl (C=O) groups is 1. The summed E-state index contributed by atoms with van der Waals surface area (Å²) >= 11 is 0. The molecule has 108 valence electrons. The van der Waals surface area contributed by atoms with E-state index in [1.54, 1.807) is 12.1 Å². The first kappa shape index (κ1) is 13.5. The second-order valence-electron chi connectivity index (χ2n) is 5.28. The predicted molar refractivity (Wildman–Crippen MR) is 82.4 cm³/mol. The van der Waals surface area contributed by atoms with E-state index in [1.807, 2.05) is 37.3 Å². The van der Waals surface area contributed by atoms with Crippen molar-refractivity contribution < 1.29 is 9.53 Å². The van der Waals surface area contributed by atoms with Gasteiger partial charge >= 0.3 is 0 Å². The maximum atomic E-state index is 12.5. The third-order valence-electron chi connectivity index (χ3n) is 3.76. The van der Waals surface area contributed by atoms with Crippen molar-refractivity contribution in [3.63, 3.8) is 0 Å². The zero-order valence-corrected chi connectivity index (χ0v) is 11.9. The van der Waals surface area contributed by atoms with Crippen molar-refractivity contribution >= 4 is 11.6 Å². The van der Waals surface area contributed by atoms with Gasteiger partial charge in [0.25, 0.3) is 5.91 Å². The van der Waals surface area contributed by atoms with Crippen LogP contribution in [0.4, 0.5) is 5.69 Å². The maximum absolute atomic E-state index is 12.5. The van der Waals surface area contributed by atoms with Crippen molar-refractivity contribution in [3.8, 4) is 5.75 Å². The highest BCUT2D eigenvalue weighted by Gasteiger charge is 2.23. The Morgan fingerprint density at radius 3 is 2.90 bits per heavy atom. The average molecular weight is 282 g/mol. The number of para-hydroxylation sites is 1. The highest BCUT2D eigenvalue weighted by atomic mass is 16.5. The van der Waals surface area contributed by atoms with E-state index >= 15 is 0 Å². The zero-order chi connectivity index (χ0) is 14.8. The summed E-state index contributed by atoms with van der Waals surface area (Å²) in [5.74, 6) is 0.775. The van der Waals surface area contributed by atoms with Crippen LogP contribution in [-0.4, -0.2) is 12.5 Å². The topological polar surface area (TPSA) is 64.4 Å². The monoisotopic (exact) mass is 282 g/mol. The van der Waals surface area contributed by atoms with E-state index in [2.05, 4.69) is 5.32 Å². The number of aryl methyl sites for hydroxylation is 1. The molecule has 4 heteroatoms. The molecule has 1 unspecified atom stereocenters. The molecule has 1 heterocycles. The van der Waals surface area contributed by atoms with Gasteiger partial charge in [-0.05, 0) is 36.8 Å². The summed E-state index contributed by atoms with van der Waals surface area (Å²) in [4.78, 5) is 12.5. The number of nitrogens with one attached hydrogen (secondary N) is 1. The molecule has 0 fully saturated rings. The molecule has 1 atom stereocenters. The van der Waals surface area contributed by atoms with Crippen molar-refractivity contribution in [3.05, 3.63) is 59.2 Å². The quantitative estimate of drug-likeness (QED) is 0.832. The molecule has 0 radical (unpaired) electrons. The number of nitrogens with two attached hydrogens (primary N) is 1. The van der Waals surface area contributed by atoms with Gasteiger partial charge in [0, 0.05) is 23.2 Å². The second-order valence-corrected chi connectivity index (χ2v) is 5.28. The average Bonchev–Trinajstić information content (AvgIpc) is 2.47. The Kier molecular flexibility index (Phi) is 3.52. The fourth-order valence-electron chi connectivity index (χ4n) is 2.67. The van der Waals surface area contributed by atoms with Gasteiger partial charge < -0.3 is 15.8 Å². The van der Waals surface area contributed by atoms with Crippen LogP contribution in [0.3, 0.4) is 0 Å². The van der Waals surface area contributed by atoms with E-state index in [1.165, 1.54) is 0 Å². The van der Waals surface area contributed by atoms with Crippen LogP contribution < -0.4 is 15.8 Å². The van der Waals surface area contributed by atoms with E-state index in [-0.39, 0.29) is 11.9 Å². The molecule has 3 rings (SSSR count). The third-order valence-corrected chi connectivity index (χ3v) is 3.76. The molecule has 3 N–H and O–H groups in total. The molecule has 0 spiro atoms. The summed E-state index contributed by atoms with van der Waals surface area (Å²) in [6.45, 7) is 2.51. The standard InChI is InChI=1S/C17H18N2O2/c1-11-10-12(18)6-7-13(11)17(20)19-15-8-9-21-16-5-3-2-4-14(15)16/h2-7,10,15H,8-9,18H2,1H3,(H,19,20). The summed E-state index contributed by atoms with van der Waals surface area (Å²) in [5, 5.41) is 3.09. The van der Waals surface area contributed by atoms with Crippen LogP contribution in [0.15, 0.2) is 42.5 Å². The van der Waals surface area contributed by atoms with E-state index in [4.69, 9.17) is 10.5 Å². The number of anilines is 1. The predicted octanol–water partition coefficient (Wildman–Crippen LogP) is 2.83. The third kappa shape index (κ3) is 2.70. The van der Waals surface area contributed by atoms with Gasteiger partial charge in [-0.2, -0.15) is 0 Å². The minimum Gasteiger partial charge on any atom is -0.493 e. The highest BCUT2D eigenvalue weighted by Crippen LogP contribution is 2.31. The largest absolute Gasteiger partial charge is 0.493 e. The molecule has 0 aromatic heterocycles. The van der Waals surface area contributed by atoms with Crippen molar-refractivity contribution in [1.29, 1.82) is 0 Å². The Morgan fingerprint density at radius 2 is 2.10 bits per heavy atom. The molecule has 0 aliphatic carbocycles. The Balaban J connectivity index is 1.83. The van der Waals surface area contributed by atoms with Crippen LogP contribution in [-0.2, 0) is 0 Å². The molecule has 21 heavy (non-hydrogen) atoms. The summed E-state index contributed by atoms with van der Waals surface area (Å²) in [7, 11) is 0. The lowest BCUT2D eigenvalue weighted by Gasteiger charge is -2.26. The Morgan fingerprint density at radius 1 is 1.29 bits per heavy atom. The van der Waals surface area contributed by atoms with Crippen molar-refractivity contribution in [2.75, 3.05) is 12.3 Å². The molecule has 0 bridgehead atoms. The molecule has 2 aromatic rings. The number of fused-ring (bicyclic) bond motifs is 1. The van der Waals surface area contributed by atoms with Gasteiger partial charge in [-0.25, -0.2) is 0 Å². The first-order chi connectivity index (χ1) is 10.1. The van der Waals surface area contributed by atoms with Crippen LogP contribution in [0.5, 0.6) is 5.75 Å². The number of ether oxygens (including phenoxy) is 1. The Bertz CT molecular complexity index is 682. The van der Waals surface area contributed by atoms with Crippen molar-refractivity contribution in [2.45, 2.75) is 19.4 Å². The number of hydrogen-bond donors (Lipinski definition) is 2.